The molecule has 1 aromatic carbocycles. The van der Waals surface area contributed by atoms with E-state index in [0.717, 1.165) is 0 Å². The van der Waals surface area contributed by atoms with Crippen molar-refractivity contribution in [2.24, 2.45) is 5.92 Å². The third-order valence-electron chi connectivity index (χ3n) is 2.41. The first-order chi connectivity index (χ1) is 8.13. The first kappa shape index (κ1) is 13.5. The molecule has 0 spiro atoms. The summed E-state index contributed by atoms with van der Waals surface area (Å²) >= 11 is 0. The molecule has 1 amide bonds. The monoisotopic (exact) mass is 237 g/mol. The van der Waals surface area contributed by atoms with Crippen molar-refractivity contribution in [3.63, 3.8) is 0 Å². The van der Waals surface area contributed by atoms with Gasteiger partial charge in [-0.05, 0) is 18.1 Å². The van der Waals surface area contributed by atoms with E-state index in [0.29, 0.717) is 18.3 Å². The quantitative estimate of drug-likeness (QED) is 0.855. The molecule has 0 fully saturated rings. The molecule has 4 nitrogen and oxygen atoms in total. The second kappa shape index (κ2) is 6.91. The molecule has 0 aliphatic carbocycles. The molecule has 17 heavy (non-hydrogen) atoms. The minimum atomic E-state index is -0.452. The van der Waals surface area contributed by atoms with Crippen LogP contribution in [0.2, 0.25) is 0 Å². The van der Waals surface area contributed by atoms with Crippen molar-refractivity contribution in [2.75, 3.05) is 13.7 Å². The normalized spacial score (nSPS) is 12.2. The summed E-state index contributed by atoms with van der Waals surface area (Å²) in [5.41, 5.74) is 0. The molecule has 0 heterocycles. The topological polar surface area (TPSA) is 47.6 Å². The van der Waals surface area contributed by atoms with E-state index in [2.05, 4.69) is 5.32 Å². The van der Waals surface area contributed by atoms with Gasteiger partial charge in [-0.3, -0.25) is 0 Å². The molecule has 0 aromatic heterocycles. The summed E-state index contributed by atoms with van der Waals surface area (Å²) in [5.74, 6) is 0.822. The molecule has 4 heteroatoms. The number of para-hydroxylation sites is 1. The molecule has 0 aliphatic rings. The van der Waals surface area contributed by atoms with E-state index in [1.165, 1.54) is 0 Å². The third-order valence-corrected chi connectivity index (χ3v) is 2.41. The molecule has 1 atom stereocenters. The lowest BCUT2D eigenvalue weighted by atomic mass is 10.1. The first-order valence-corrected chi connectivity index (χ1v) is 5.65. The van der Waals surface area contributed by atoms with Gasteiger partial charge in [-0.2, -0.15) is 0 Å². The smallest absolute Gasteiger partial charge is 0.410 e. The van der Waals surface area contributed by atoms with E-state index >= 15 is 0 Å². The fourth-order valence-electron chi connectivity index (χ4n) is 1.36. The van der Waals surface area contributed by atoms with E-state index in [4.69, 9.17) is 9.47 Å². The van der Waals surface area contributed by atoms with E-state index in [1.54, 1.807) is 19.2 Å². The van der Waals surface area contributed by atoms with Gasteiger partial charge >= 0.3 is 6.09 Å². The number of nitrogens with one attached hydrogen (secondary N) is 1. The summed E-state index contributed by atoms with van der Waals surface area (Å²) < 4.78 is 10.2. The molecule has 94 valence electrons. The van der Waals surface area contributed by atoms with E-state index in [1.807, 2.05) is 32.0 Å². The Labute approximate surface area is 102 Å². The van der Waals surface area contributed by atoms with Crippen LogP contribution in [0.15, 0.2) is 30.3 Å². The maximum absolute atomic E-state index is 11.6. The standard InChI is InChI=1S/C13H19NO3/c1-10(2)12(9-16-3)14-13(15)17-11-7-5-4-6-8-11/h4-8,10,12H,9H2,1-3H3,(H,14,15). The van der Waals surface area contributed by atoms with E-state index < -0.39 is 6.09 Å². The van der Waals surface area contributed by atoms with Crippen molar-refractivity contribution >= 4 is 6.09 Å². The van der Waals surface area contributed by atoms with Crippen LogP contribution in [0.5, 0.6) is 5.75 Å². The number of ether oxygens (including phenoxy) is 2. The molecule has 1 rings (SSSR count). The van der Waals surface area contributed by atoms with Crippen LogP contribution in [0.3, 0.4) is 0 Å². The fraction of sp³-hybridized carbons (Fsp3) is 0.462. The first-order valence-electron chi connectivity index (χ1n) is 5.65. The Hall–Kier alpha value is -1.55. The molecule has 0 aliphatic heterocycles. The average Bonchev–Trinajstić information content (AvgIpc) is 2.29. The van der Waals surface area contributed by atoms with Gasteiger partial charge in [0, 0.05) is 7.11 Å². The molecule has 0 saturated heterocycles. The van der Waals surface area contributed by atoms with Gasteiger partial charge in [0.05, 0.1) is 12.6 Å². The van der Waals surface area contributed by atoms with Crippen molar-refractivity contribution in [1.82, 2.24) is 5.32 Å². The van der Waals surface area contributed by atoms with Gasteiger partial charge in [-0.25, -0.2) is 4.79 Å². The van der Waals surface area contributed by atoms with Crippen LogP contribution in [-0.4, -0.2) is 25.9 Å². The van der Waals surface area contributed by atoms with Crippen molar-refractivity contribution < 1.29 is 14.3 Å². The highest BCUT2D eigenvalue weighted by molar-refractivity contribution is 5.70. The summed E-state index contributed by atoms with van der Waals surface area (Å²) in [6, 6.07) is 8.93. The Morgan fingerprint density at radius 3 is 2.47 bits per heavy atom. The lowest BCUT2D eigenvalue weighted by Gasteiger charge is -2.20. The highest BCUT2D eigenvalue weighted by Crippen LogP contribution is 2.09. The second-order valence-corrected chi connectivity index (χ2v) is 4.15. The van der Waals surface area contributed by atoms with Gasteiger partial charge in [0.1, 0.15) is 5.75 Å². The molecule has 0 bridgehead atoms. The zero-order valence-corrected chi connectivity index (χ0v) is 10.5. The molecule has 1 N–H and O–H groups in total. The van der Waals surface area contributed by atoms with Crippen LogP contribution in [0, 0.1) is 5.92 Å². The summed E-state index contributed by atoms with van der Waals surface area (Å²) in [6.45, 7) is 4.51. The third kappa shape index (κ3) is 4.87. The average molecular weight is 237 g/mol. The zero-order valence-electron chi connectivity index (χ0n) is 10.5. The van der Waals surface area contributed by atoms with Crippen LogP contribution in [0.1, 0.15) is 13.8 Å². The zero-order chi connectivity index (χ0) is 12.7. The van der Waals surface area contributed by atoms with Crippen molar-refractivity contribution in [3.05, 3.63) is 30.3 Å². The van der Waals surface area contributed by atoms with Gasteiger partial charge in [-0.1, -0.05) is 32.0 Å². The maximum atomic E-state index is 11.6. The van der Waals surface area contributed by atoms with Gasteiger partial charge in [-0.15, -0.1) is 0 Å². The summed E-state index contributed by atoms with van der Waals surface area (Å²) in [7, 11) is 1.61. The molecular weight excluding hydrogens is 218 g/mol. The minimum absolute atomic E-state index is 0.0452. The lowest BCUT2D eigenvalue weighted by molar-refractivity contribution is 0.138. The summed E-state index contributed by atoms with van der Waals surface area (Å²) in [4.78, 5) is 11.6. The summed E-state index contributed by atoms with van der Waals surface area (Å²) in [5, 5.41) is 2.78. The fourth-order valence-corrected chi connectivity index (χ4v) is 1.36. The lowest BCUT2D eigenvalue weighted by Crippen LogP contribution is -2.43. The molecule has 0 radical (unpaired) electrons. The highest BCUT2D eigenvalue weighted by atomic mass is 16.6. The highest BCUT2D eigenvalue weighted by Gasteiger charge is 2.16. The van der Waals surface area contributed by atoms with Crippen LogP contribution in [-0.2, 0) is 4.74 Å². The van der Waals surface area contributed by atoms with Gasteiger partial charge in [0.15, 0.2) is 0 Å². The van der Waals surface area contributed by atoms with Gasteiger partial charge in [0.2, 0.25) is 0 Å². The number of rotatable bonds is 5. The predicted octanol–water partition coefficient (Wildman–Crippen LogP) is 2.45. The Kier molecular flexibility index (Phi) is 5.49. The predicted molar refractivity (Wildman–Crippen MR) is 66.1 cm³/mol. The number of benzene rings is 1. The van der Waals surface area contributed by atoms with Gasteiger partial charge < -0.3 is 14.8 Å². The molecule has 0 saturated carbocycles. The largest absolute Gasteiger partial charge is 0.412 e. The molecule has 1 unspecified atom stereocenters. The Morgan fingerprint density at radius 1 is 1.29 bits per heavy atom. The molecule has 1 aromatic rings. The van der Waals surface area contributed by atoms with Gasteiger partial charge in [0.25, 0.3) is 0 Å². The molecular formula is C13H19NO3. The Bertz CT molecular complexity index is 338. The van der Waals surface area contributed by atoms with Crippen molar-refractivity contribution in [2.45, 2.75) is 19.9 Å². The van der Waals surface area contributed by atoms with Crippen LogP contribution >= 0.6 is 0 Å². The number of carbonyl (C=O) groups excluding carboxylic acids is 1. The van der Waals surface area contributed by atoms with Crippen LogP contribution in [0.4, 0.5) is 4.79 Å². The number of carbonyl (C=O) groups is 1. The maximum Gasteiger partial charge on any atom is 0.412 e. The number of hydrogen-bond donors (Lipinski definition) is 1. The SMILES string of the molecule is COCC(NC(=O)Oc1ccccc1)C(C)C. The van der Waals surface area contributed by atoms with Crippen LogP contribution < -0.4 is 10.1 Å². The van der Waals surface area contributed by atoms with E-state index in [-0.39, 0.29) is 6.04 Å². The Morgan fingerprint density at radius 2 is 1.94 bits per heavy atom. The minimum Gasteiger partial charge on any atom is -0.410 e. The summed E-state index contributed by atoms with van der Waals surface area (Å²) in [6.07, 6.45) is -0.452. The number of methoxy groups -OCH3 is 1. The number of amides is 1. The Balaban J connectivity index is 2.48. The van der Waals surface area contributed by atoms with Crippen molar-refractivity contribution in [3.8, 4) is 5.75 Å². The second-order valence-electron chi connectivity index (χ2n) is 4.15. The van der Waals surface area contributed by atoms with Crippen LogP contribution in [0.25, 0.3) is 0 Å². The number of hydrogen-bond acceptors (Lipinski definition) is 3. The van der Waals surface area contributed by atoms with E-state index in [9.17, 15) is 4.79 Å². The van der Waals surface area contributed by atoms with Crippen molar-refractivity contribution in [1.29, 1.82) is 0 Å².